The van der Waals surface area contributed by atoms with Crippen LogP contribution in [0.5, 0.6) is 0 Å². The number of nitrogens with two attached hydrogens (primary N) is 1. The zero-order valence-electron chi connectivity index (χ0n) is 12.9. The Hall–Kier alpha value is -2.19. The lowest BCUT2D eigenvalue weighted by Crippen LogP contribution is -2.25. The summed E-state index contributed by atoms with van der Waals surface area (Å²) in [5.74, 6) is -0.795. The van der Waals surface area contributed by atoms with Crippen LogP contribution in [0.3, 0.4) is 0 Å². The van der Waals surface area contributed by atoms with Crippen LogP contribution in [-0.4, -0.2) is 20.7 Å². The number of aromatic nitrogens is 2. The van der Waals surface area contributed by atoms with E-state index in [1.807, 2.05) is 5.38 Å². The van der Waals surface area contributed by atoms with E-state index in [0.29, 0.717) is 15.4 Å². The van der Waals surface area contributed by atoms with Gasteiger partial charge in [0.1, 0.15) is 10.6 Å². The Morgan fingerprint density at radius 3 is 2.67 bits per heavy atom. The summed E-state index contributed by atoms with van der Waals surface area (Å²) in [6.07, 6.45) is 0. The first-order valence-electron chi connectivity index (χ1n) is 7.08. The van der Waals surface area contributed by atoms with Gasteiger partial charge in [0.15, 0.2) is 5.16 Å². The van der Waals surface area contributed by atoms with Gasteiger partial charge in [-0.05, 0) is 24.6 Å². The minimum atomic E-state index is -0.489. The van der Waals surface area contributed by atoms with Crippen molar-refractivity contribution in [1.29, 1.82) is 0 Å². The number of carbonyl (C=O) groups excluding carboxylic acids is 1. The summed E-state index contributed by atoms with van der Waals surface area (Å²) in [6.45, 7) is 1.67. The standard InChI is InChI=1S/C16H14FN3O2S2/c1-8(13(18)21)24-16-19-14-12(15(22)20(16)2)11(7-23-14)9-3-5-10(17)6-4-9/h3-8H,1-2H3,(H2,18,21)/t8-/m1/s1. The number of hydrogen-bond donors (Lipinski definition) is 1. The van der Waals surface area contributed by atoms with Crippen LogP contribution in [-0.2, 0) is 11.8 Å². The maximum Gasteiger partial charge on any atom is 0.263 e. The number of carbonyl (C=O) groups is 1. The van der Waals surface area contributed by atoms with Crippen LogP contribution in [0.1, 0.15) is 6.92 Å². The van der Waals surface area contributed by atoms with E-state index >= 15 is 0 Å². The number of amides is 1. The lowest BCUT2D eigenvalue weighted by Gasteiger charge is -2.10. The summed E-state index contributed by atoms with van der Waals surface area (Å²) in [4.78, 5) is 29.1. The van der Waals surface area contributed by atoms with Gasteiger partial charge in [-0.2, -0.15) is 0 Å². The van der Waals surface area contributed by atoms with Gasteiger partial charge in [-0.1, -0.05) is 23.9 Å². The van der Waals surface area contributed by atoms with Crippen LogP contribution in [0.2, 0.25) is 0 Å². The first kappa shape index (κ1) is 16.7. The smallest absolute Gasteiger partial charge is 0.263 e. The number of halogens is 1. The maximum atomic E-state index is 13.1. The molecule has 1 atom stereocenters. The fourth-order valence-corrected chi connectivity index (χ4v) is 4.03. The molecule has 3 rings (SSSR count). The molecule has 0 aliphatic heterocycles. The quantitative estimate of drug-likeness (QED) is 0.571. The van der Waals surface area contributed by atoms with E-state index in [-0.39, 0.29) is 11.4 Å². The van der Waals surface area contributed by atoms with Gasteiger partial charge < -0.3 is 5.73 Å². The van der Waals surface area contributed by atoms with E-state index in [2.05, 4.69) is 4.98 Å². The third kappa shape index (κ3) is 2.94. The molecule has 3 aromatic rings. The molecule has 0 spiro atoms. The van der Waals surface area contributed by atoms with Crippen LogP contribution in [0, 0.1) is 5.82 Å². The van der Waals surface area contributed by atoms with Crippen molar-refractivity contribution in [2.75, 3.05) is 0 Å². The monoisotopic (exact) mass is 363 g/mol. The highest BCUT2D eigenvalue weighted by Gasteiger charge is 2.19. The first-order valence-corrected chi connectivity index (χ1v) is 8.84. The summed E-state index contributed by atoms with van der Waals surface area (Å²) < 4.78 is 14.5. The summed E-state index contributed by atoms with van der Waals surface area (Å²) in [5, 5.41) is 2.27. The summed E-state index contributed by atoms with van der Waals surface area (Å²) in [5.41, 5.74) is 6.55. The van der Waals surface area contributed by atoms with Crippen molar-refractivity contribution in [2.45, 2.75) is 17.3 Å². The predicted octanol–water partition coefficient (Wildman–Crippen LogP) is 2.77. The average Bonchev–Trinajstić information content (AvgIpc) is 2.96. The lowest BCUT2D eigenvalue weighted by molar-refractivity contribution is -0.117. The van der Waals surface area contributed by atoms with E-state index in [1.165, 1.54) is 28.0 Å². The highest BCUT2D eigenvalue weighted by molar-refractivity contribution is 8.00. The zero-order chi connectivity index (χ0) is 17.4. The molecule has 2 heterocycles. The molecule has 24 heavy (non-hydrogen) atoms. The topological polar surface area (TPSA) is 78.0 Å². The highest BCUT2D eigenvalue weighted by atomic mass is 32.2. The van der Waals surface area contributed by atoms with Crippen LogP contribution >= 0.6 is 23.1 Å². The van der Waals surface area contributed by atoms with Crippen molar-refractivity contribution in [2.24, 2.45) is 12.8 Å². The number of rotatable bonds is 4. The molecule has 0 bridgehead atoms. The Kier molecular flexibility index (Phi) is 4.42. The molecular weight excluding hydrogens is 349 g/mol. The number of thioether (sulfide) groups is 1. The minimum Gasteiger partial charge on any atom is -0.369 e. The predicted molar refractivity (Wildman–Crippen MR) is 94.8 cm³/mol. The van der Waals surface area contributed by atoms with Crippen molar-refractivity contribution in [3.05, 3.63) is 45.8 Å². The third-order valence-corrected chi connectivity index (χ3v) is 5.65. The summed E-state index contributed by atoms with van der Waals surface area (Å²) in [6, 6.07) is 5.98. The van der Waals surface area contributed by atoms with E-state index in [9.17, 15) is 14.0 Å². The van der Waals surface area contributed by atoms with E-state index < -0.39 is 11.2 Å². The Balaban J connectivity index is 2.14. The molecule has 0 saturated carbocycles. The van der Waals surface area contributed by atoms with Gasteiger partial charge in [-0.3, -0.25) is 14.2 Å². The van der Waals surface area contributed by atoms with Crippen LogP contribution in [0.25, 0.3) is 21.3 Å². The molecule has 5 nitrogen and oxygen atoms in total. The van der Waals surface area contributed by atoms with Gasteiger partial charge in [0, 0.05) is 18.0 Å². The van der Waals surface area contributed by atoms with Crippen molar-refractivity contribution in [3.8, 4) is 11.1 Å². The maximum absolute atomic E-state index is 13.1. The fraction of sp³-hybridized carbons (Fsp3) is 0.188. The largest absolute Gasteiger partial charge is 0.369 e. The molecule has 0 aliphatic carbocycles. The Labute approximate surface area is 145 Å². The number of primary amides is 1. The second-order valence-corrected chi connectivity index (χ2v) is 7.42. The molecule has 2 aromatic heterocycles. The van der Waals surface area contributed by atoms with E-state index in [1.54, 1.807) is 26.1 Å². The van der Waals surface area contributed by atoms with Crippen molar-refractivity contribution >= 4 is 39.2 Å². The van der Waals surface area contributed by atoms with Gasteiger partial charge >= 0.3 is 0 Å². The zero-order valence-corrected chi connectivity index (χ0v) is 14.6. The number of benzene rings is 1. The van der Waals surface area contributed by atoms with Gasteiger partial charge in [-0.25, -0.2) is 9.37 Å². The van der Waals surface area contributed by atoms with Gasteiger partial charge in [0.2, 0.25) is 5.91 Å². The molecule has 0 saturated heterocycles. The summed E-state index contributed by atoms with van der Waals surface area (Å²) in [7, 11) is 1.61. The molecule has 1 amide bonds. The van der Waals surface area contributed by atoms with Crippen LogP contribution in [0.15, 0.2) is 39.6 Å². The van der Waals surface area contributed by atoms with Gasteiger partial charge in [0.05, 0.1) is 10.6 Å². The van der Waals surface area contributed by atoms with Gasteiger partial charge in [-0.15, -0.1) is 11.3 Å². The molecule has 8 heteroatoms. The first-order chi connectivity index (χ1) is 11.4. The third-order valence-electron chi connectivity index (χ3n) is 3.61. The van der Waals surface area contributed by atoms with Crippen LogP contribution in [0.4, 0.5) is 4.39 Å². The Morgan fingerprint density at radius 1 is 1.38 bits per heavy atom. The molecular formula is C16H14FN3O2S2. The number of thiophene rings is 1. The van der Waals surface area contributed by atoms with Crippen LogP contribution < -0.4 is 11.3 Å². The second kappa shape index (κ2) is 6.37. The normalized spacial score (nSPS) is 12.5. The second-order valence-electron chi connectivity index (χ2n) is 5.26. The Bertz CT molecular complexity index is 979. The number of fused-ring (bicyclic) bond motifs is 1. The number of hydrogen-bond acceptors (Lipinski definition) is 5. The molecule has 1 aromatic carbocycles. The SMILES string of the molecule is C[C@@H](Sc1nc2scc(-c3ccc(F)cc3)c2c(=O)n1C)C(N)=O. The minimum absolute atomic E-state index is 0.209. The molecule has 0 unspecified atom stereocenters. The molecule has 2 N–H and O–H groups in total. The average molecular weight is 363 g/mol. The van der Waals surface area contributed by atoms with Crippen molar-refractivity contribution in [3.63, 3.8) is 0 Å². The Morgan fingerprint density at radius 2 is 2.04 bits per heavy atom. The molecule has 0 radical (unpaired) electrons. The fourth-order valence-electron chi connectivity index (χ4n) is 2.22. The highest BCUT2D eigenvalue weighted by Crippen LogP contribution is 2.32. The van der Waals surface area contributed by atoms with Crippen molar-refractivity contribution in [1.82, 2.24) is 9.55 Å². The molecule has 0 aliphatic rings. The van der Waals surface area contributed by atoms with Gasteiger partial charge in [0.25, 0.3) is 5.56 Å². The van der Waals surface area contributed by atoms with Crippen molar-refractivity contribution < 1.29 is 9.18 Å². The summed E-state index contributed by atoms with van der Waals surface area (Å²) >= 11 is 2.49. The van der Waals surface area contributed by atoms with E-state index in [4.69, 9.17) is 5.73 Å². The molecule has 0 fully saturated rings. The lowest BCUT2D eigenvalue weighted by atomic mass is 10.1. The van der Waals surface area contributed by atoms with E-state index in [0.717, 1.165) is 22.9 Å². The number of nitrogens with zero attached hydrogens (tertiary/aromatic N) is 2. The molecule has 124 valence electrons.